The molecule has 2 aliphatic heterocycles. The van der Waals surface area contributed by atoms with Crippen LogP contribution in [-0.2, 0) is 27.1 Å². The van der Waals surface area contributed by atoms with Crippen molar-refractivity contribution in [2.75, 3.05) is 10.2 Å². The van der Waals surface area contributed by atoms with Crippen LogP contribution in [0.3, 0.4) is 0 Å². The molecular formula is C29H19ClF3N3O4S2. The van der Waals surface area contributed by atoms with Crippen LogP contribution >= 0.6 is 34.7 Å². The topological polar surface area (TPSA) is 88.5 Å². The van der Waals surface area contributed by atoms with Crippen molar-refractivity contribution in [1.29, 1.82) is 0 Å². The van der Waals surface area contributed by atoms with E-state index in [1.165, 1.54) is 16.7 Å². The number of thioether (sulfide) groups is 1. The number of halogens is 4. The second-order valence-corrected chi connectivity index (χ2v) is 12.3. The highest BCUT2D eigenvalue weighted by Gasteiger charge is 2.56. The SMILES string of the molecule is O=C(Cn1c2c(sc1=O)[C@@H](c1ccccc1)[C@H]1C(=O)N(c3ccc(Cl)cc3)C(=O)[C@H]1S2)Nc1cccc(C(F)(F)F)c1. The van der Waals surface area contributed by atoms with Crippen molar-refractivity contribution in [3.05, 3.63) is 110 Å². The van der Waals surface area contributed by atoms with Gasteiger partial charge in [0.05, 0.1) is 22.2 Å². The number of thiazole rings is 1. The van der Waals surface area contributed by atoms with Gasteiger partial charge in [0.2, 0.25) is 17.7 Å². The van der Waals surface area contributed by atoms with Gasteiger partial charge in [-0.1, -0.05) is 71.1 Å². The first-order chi connectivity index (χ1) is 20.0. The average Bonchev–Trinajstić information content (AvgIpc) is 3.40. The summed E-state index contributed by atoms with van der Waals surface area (Å²) in [5.41, 5.74) is 0.108. The van der Waals surface area contributed by atoms with Gasteiger partial charge >= 0.3 is 11.0 Å². The van der Waals surface area contributed by atoms with Crippen LogP contribution in [0.1, 0.15) is 21.9 Å². The first-order valence-corrected chi connectivity index (χ1v) is 14.7. The maximum atomic E-state index is 13.8. The molecule has 0 saturated carbocycles. The van der Waals surface area contributed by atoms with Crippen LogP contribution in [0.15, 0.2) is 88.7 Å². The Balaban J connectivity index is 1.36. The van der Waals surface area contributed by atoms with E-state index in [9.17, 15) is 32.3 Å². The highest BCUT2D eigenvalue weighted by molar-refractivity contribution is 8.00. The predicted molar refractivity (Wildman–Crippen MR) is 154 cm³/mol. The standard InChI is InChI=1S/C29H19ClF3N3O4S2/c30-17-9-11-19(12-10-17)36-25(38)22-21(15-5-2-1-3-6-15)24-27(41-23(22)26(36)39)35(28(40)42-24)14-20(37)34-18-8-4-7-16(13-18)29(31,32)33/h1-13,21-23H,14H2,(H,34,37)/t21-,22+,23-/m0/s1. The normalized spacial score (nSPS) is 19.9. The zero-order valence-electron chi connectivity index (χ0n) is 21.3. The number of hydrogen-bond donors (Lipinski definition) is 1. The van der Waals surface area contributed by atoms with Gasteiger partial charge in [-0.15, -0.1) is 0 Å². The number of rotatable bonds is 5. The summed E-state index contributed by atoms with van der Waals surface area (Å²) >= 11 is 7.94. The predicted octanol–water partition coefficient (Wildman–Crippen LogP) is 6.02. The van der Waals surface area contributed by atoms with Crippen LogP contribution in [0.4, 0.5) is 24.5 Å². The Hall–Kier alpha value is -3.87. The summed E-state index contributed by atoms with van der Waals surface area (Å²) < 4.78 is 40.6. The number of carbonyl (C=O) groups is 3. The van der Waals surface area contributed by atoms with Crippen molar-refractivity contribution >= 4 is 63.8 Å². The van der Waals surface area contributed by atoms with Gasteiger partial charge < -0.3 is 5.32 Å². The molecule has 0 bridgehead atoms. The number of benzene rings is 3. The van der Waals surface area contributed by atoms with E-state index in [4.69, 9.17) is 11.6 Å². The molecule has 3 aromatic carbocycles. The Labute approximate surface area is 249 Å². The number of hydrogen-bond acceptors (Lipinski definition) is 6. The first kappa shape index (κ1) is 28.3. The van der Waals surface area contributed by atoms with Gasteiger partial charge in [-0.2, -0.15) is 13.2 Å². The van der Waals surface area contributed by atoms with E-state index in [2.05, 4.69) is 5.32 Å². The lowest BCUT2D eigenvalue weighted by Crippen LogP contribution is -2.33. The Morgan fingerprint density at radius 2 is 1.64 bits per heavy atom. The van der Waals surface area contributed by atoms with E-state index in [1.54, 1.807) is 36.4 Å². The summed E-state index contributed by atoms with van der Waals surface area (Å²) in [5, 5.41) is 2.36. The minimum Gasteiger partial charge on any atom is -0.325 e. The van der Waals surface area contributed by atoms with Crippen LogP contribution in [0.25, 0.3) is 0 Å². The number of carbonyl (C=O) groups excluding carboxylic acids is 3. The lowest BCUT2D eigenvalue weighted by molar-refractivity contribution is -0.137. The molecule has 4 aromatic rings. The zero-order valence-corrected chi connectivity index (χ0v) is 23.7. The summed E-state index contributed by atoms with van der Waals surface area (Å²) in [4.78, 5) is 54.9. The minimum absolute atomic E-state index is 0.0722. The van der Waals surface area contributed by atoms with Crippen molar-refractivity contribution in [2.45, 2.75) is 28.9 Å². The highest BCUT2D eigenvalue weighted by Crippen LogP contribution is 2.53. The van der Waals surface area contributed by atoms with Gasteiger partial charge in [0.25, 0.3) is 0 Å². The molecule has 0 spiro atoms. The molecule has 3 heterocycles. The third-order valence-electron chi connectivity index (χ3n) is 7.07. The Morgan fingerprint density at radius 1 is 0.929 bits per heavy atom. The summed E-state index contributed by atoms with van der Waals surface area (Å²) in [7, 11) is 0. The van der Waals surface area contributed by atoms with Gasteiger partial charge in [0.15, 0.2) is 0 Å². The largest absolute Gasteiger partial charge is 0.416 e. The fourth-order valence-electron chi connectivity index (χ4n) is 5.24. The number of aromatic nitrogens is 1. The molecule has 1 fully saturated rings. The molecule has 1 N–H and O–H groups in total. The molecular weight excluding hydrogens is 611 g/mol. The van der Waals surface area contributed by atoms with E-state index in [-0.39, 0.29) is 5.69 Å². The maximum absolute atomic E-state index is 13.8. The molecule has 3 atom stereocenters. The third-order valence-corrected chi connectivity index (χ3v) is 9.92. The molecule has 1 aromatic heterocycles. The lowest BCUT2D eigenvalue weighted by Gasteiger charge is -2.30. The fraction of sp³-hybridized carbons (Fsp3) is 0.172. The van der Waals surface area contributed by atoms with E-state index in [0.717, 1.165) is 45.7 Å². The van der Waals surface area contributed by atoms with Crippen LogP contribution in [0.2, 0.25) is 5.02 Å². The van der Waals surface area contributed by atoms with Crippen LogP contribution < -0.4 is 15.1 Å². The van der Waals surface area contributed by atoms with E-state index in [0.29, 0.717) is 20.6 Å². The monoisotopic (exact) mass is 629 g/mol. The van der Waals surface area contributed by atoms with Crippen LogP contribution in [0, 0.1) is 5.92 Å². The quantitative estimate of drug-likeness (QED) is 0.273. The van der Waals surface area contributed by atoms with Crippen molar-refractivity contribution in [2.24, 2.45) is 5.92 Å². The van der Waals surface area contributed by atoms with E-state index in [1.807, 2.05) is 18.2 Å². The number of fused-ring (bicyclic) bond motifs is 2. The van der Waals surface area contributed by atoms with Gasteiger partial charge in [0.1, 0.15) is 11.8 Å². The number of nitrogens with zero attached hydrogens (tertiary/aromatic N) is 2. The van der Waals surface area contributed by atoms with Gasteiger partial charge in [-0.05, 0) is 48.0 Å². The Bertz CT molecular complexity index is 1770. The first-order valence-electron chi connectivity index (χ1n) is 12.6. The molecule has 1 saturated heterocycles. The van der Waals surface area contributed by atoms with Crippen LogP contribution in [-0.4, -0.2) is 27.5 Å². The Morgan fingerprint density at radius 3 is 2.33 bits per heavy atom. The average molecular weight is 630 g/mol. The molecule has 6 rings (SSSR count). The van der Waals surface area contributed by atoms with Crippen molar-refractivity contribution in [3.63, 3.8) is 0 Å². The van der Waals surface area contributed by atoms with Crippen LogP contribution in [0.5, 0.6) is 0 Å². The highest BCUT2D eigenvalue weighted by atomic mass is 35.5. The maximum Gasteiger partial charge on any atom is 0.416 e. The summed E-state index contributed by atoms with van der Waals surface area (Å²) in [6, 6.07) is 19.6. The smallest absolute Gasteiger partial charge is 0.325 e. The number of amides is 3. The lowest BCUT2D eigenvalue weighted by atomic mass is 9.83. The molecule has 0 aliphatic carbocycles. The minimum atomic E-state index is -4.59. The second-order valence-electron chi connectivity index (χ2n) is 9.69. The molecule has 7 nitrogen and oxygen atoms in total. The second kappa shape index (κ2) is 10.8. The third kappa shape index (κ3) is 5.03. The summed E-state index contributed by atoms with van der Waals surface area (Å²) in [5.74, 6) is -3.02. The number of alkyl halides is 3. The molecule has 0 radical (unpaired) electrons. The summed E-state index contributed by atoms with van der Waals surface area (Å²) in [6.07, 6.45) is -4.59. The van der Waals surface area contributed by atoms with E-state index < -0.39 is 58.0 Å². The van der Waals surface area contributed by atoms with Gasteiger partial charge in [0, 0.05) is 21.5 Å². The zero-order chi connectivity index (χ0) is 29.8. The van der Waals surface area contributed by atoms with Gasteiger partial charge in [-0.3, -0.25) is 23.7 Å². The van der Waals surface area contributed by atoms with Gasteiger partial charge in [-0.25, -0.2) is 4.90 Å². The Kier molecular flexibility index (Phi) is 7.24. The van der Waals surface area contributed by atoms with Crippen molar-refractivity contribution in [1.82, 2.24) is 4.57 Å². The molecule has 214 valence electrons. The fourth-order valence-corrected chi connectivity index (χ4v) is 8.14. The number of imide groups is 1. The molecule has 0 unspecified atom stereocenters. The number of nitrogens with one attached hydrogen (secondary N) is 1. The molecule has 42 heavy (non-hydrogen) atoms. The molecule has 3 amide bonds. The summed E-state index contributed by atoms with van der Waals surface area (Å²) in [6.45, 7) is -0.490. The van der Waals surface area contributed by atoms with E-state index >= 15 is 0 Å². The molecule has 2 aliphatic rings. The van der Waals surface area contributed by atoms with Crippen molar-refractivity contribution in [3.8, 4) is 0 Å². The molecule has 13 heteroatoms. The van der Waals surface area contributed by atoms with Crippen molar-refractivity contribution < 1.29 is 27.6 Å². The number of anilines is 2.